The third kappa shape index (κ3) is 2.05. The number of nitrogens with zero attached hydrogens (tertiary/aromatic N) is 1. The minimum absolute atomic E-state index is 0.230. The number of carboxylic acid groups (broad SMARTS) is 1. The minimum atomic E-state index is -0.796. The van der Waals surface area contributed by atoms with E-state index in [9.17, 15) is 9.90 Å². The summed E-state index contributed by atoms with van der Waals surface area (Å²) in [5, 5.41) is 10.3. The number of aliphatic carboxylic acids is 1. The summed E-state index contributed by atoms with van der Waals surface area (Å²) in [4.78, 5) is 11.2. The fourth-order valence-electron chi connectivity index (χ4n) is 2.27. The fourth-order valence-corrected chi connectivity index (χ4v) is 2.74. The van der Waals surface area contributed by atoms with Crippen LogP contribution < -0.4 is 0 Å². The van der Waals surface area contributed by atoms with Crippen molar-refractivity contribution in [2.24, 2.45) is 0 Å². The molecule has 96 valence electrons. The summed E-state index contributed by atoms with van der Waals surface area (Å²) in [5.74, 6) is -1.30. The van der Waals surface area contributed by atoms with Crippen LogP contribution in [0.1, 0.15) is 38.4 Å². The van der Waals surface area contributed by atoms with Gasteiger partial charge in [0.2, 0.25) is 0 Å². The Morgan fingerprint density at radius 2 is 2.00 bits per heavy atom. The molecule has 18 heavy (non-hydrogen) atoms. The van der Waals surface area contributed by atoms with E-state index < -0.39 is 11.9 Å². The Morgan fingerprint density at radius 1 is 1.33 bits per heavy atom. The molecule has 0 saturated heterocycles. The Labute approximate surface area is 115 Å². The van der Waals surface area contributed by atoms with Gasteiger partial charge in [-0.2, -0.15) is 0 Å². The molecule has 1 aromatic heterocycles. The Bertz CT molecular complexity index is 601. The number of carboxylic acids is 1. The van der Waals surface area contributed by atoms with Crippen molar-refractivity contribution >= 4 is 32.8 Å². The molecule has 0 fully saturated rings. The highest BCUT2D eigenvalue weighted by Crippen LogP contribution is 2.33. The highest BCUT2D eigenvalue weighted by Gasteiger charge is 2.22. The van der Waals surface area contributed by atoms with Gasteiger partial charge >= 0.3 is 5.97 Å². The van der Waals surface area contributed by atoms with E-state index in [1.807, 2.05) is 24.3 Å². The van der Waals surface area contributed by atoms with E-state index in [2.05, 4.69) is 34.3 Å². The smallest absolute Gasteiger partial charge is 0.312 e. The van der Waals surface area contributed by atoms with Crippen LogP contribution in [0.5, 0.6) is 0 Å². The molecule has 1 N–H and O–H groups in total. The summed E-state index contributed by atoms with van der Waals surface area (Å²) < 4.78 is 3.09. The van der Waals surface area contributed by atoms with Crippen LogP contribution in [0.2, 0.25) is 0 Å². The molecule has 2 aromatic rings. The lowest BCUT2D eigenvalue weighted by Gasteiger charge is -2.17. The molecular formula is C14H16BrNO2. The SMILES string of the molecule is CC(C(=O)O)c1cc2c(Br)cccc2n1C(C)C. The van der Waals surface area contributed by atoms with Crippen molar-refractivity contribution in [2.75, 3.05) is 0 Å². The molecule has 0 aliphatic rings. The van der Waals surface area contributed by atoms with Crippen molar-refractivity contribution in [3.8, 4) is 0 Å². The number of carbonyl (C=O) groups is 1. The second kappa shape index (κ2) is 4.76. The Morgan fingerprint density at radius 3 is 2.56 bits per heavy atom. The van der Waals surface area contributed by atoms with Crippen molar-refractivity contribution in [2.45, 2.75) is 32.7 Å². The van der Waals surface area contributed by atoms with Crippen molar-refractivity contribution in [1.82, 2.24) is 4.57 Å². The number of rotatable bonds is 3. The molecule has 2 rings (SSSR count). The number of hydrogen-bond acceptors (Lipinski definition) is 1. The Hall–Kier alpha value is -1.29. The zero-order valence-corrected chi connectivity index (χ0v) is 12.2. The highest BCUT2D eigenvalue weighted by atomic mass is 79.9. The van der Waals surface area contributed by atoms with Gasteiger partial charge in [0.25, 0.3) is 0 Å². The quantitative estimate of drug-likeness (QED) is 0.924. The molecule has 0 aliphatic heterocycles. The van der Waals surface area contributed by atoms with Crippen LogP contribution in [0.3, 0.4) is 0 Å². The summed E-state index contributed by atoms with van der Waals surface area (Å²) in [6, 6.07) is 8.17. The predicted octanol–water partition coefficient (Wildman–Crippen LogP) is 4.17. The molecule has 0 radical (unpaired) electrons. The summed E-state index contributed by atoms with van der Waals surface area (Å²) in [7, 11) is 0. The molecule has 1 unspecified atom stereocenters. The van der Waals surface area contributed by atoms with Crippen LogP contribution in [0.4, 0.5) is 0 Å². The summed E-state index contributed by atoms with van der Waals surface area (Å²) >= 11 is 3.52. The van der Waals surface area contributed by atoms with E-state index >= 15 is 0 Å². The zero-order valence-electron chi connectivity index (χ0n) is 10.6. The van der Waals surface area contributed by atoms with Gasteiger partial charge in [0, 0.05) is 27.1 Å². The van der Waals surface area contributed by atoms with Crippen molar-refractivity contribution < 1.29 is 9.90 Å². The predicted molar refractivity (Wildman–Crippen MR) is 76.1 cm³/mol. The molecule has 3 nitrogen and oxygen atoms in total. The number of halogens is 1. The Kier molecular flexibility index (Phi) is 3.48. The van der Waals surface area contributed by atoms with Gasteiger partial charge in [0.05, 0.1) is 5.92 Å². The van der Waals surface area contributed by atoms with Crippen LogP contribution in [0.25, 0.3) is 10.9 Å². The maximum absolute atomic E-state index is 11.2. The van der Waals surface area contributed by atoms with Gasteiger partial charge in [-0.3, -0.25) is 4.79 Å². The number of benzene rings is 1. The van der Waals surface area contributed by atoms with Gasteiger partial charge < -0.3 is 9.67 Å². The first kappa shape index (κ1) is 13.1. The topological polar surface area (TPSA) is 42.2 Å². The van der Waals surface area contributed by atoms with Gasteiger partial charge in [0.1, 0.15) is 0 Å². The second-order valence-corrected chi connectivity index (χ2v) is 5.62. The van der Waals surface area contributed by atoms with Gasteiger partial charge in [-0.15, -0.1) is 0 Å². The monoisotopic (exact) mass is 309 g/mol. The lowest BCUT2D eigenvalue weighted by atomic mass is 10.1. The summed E-state index contributed by atoms with van der Waals surface area (Å²) in [6.07, 6.45) is 0. The molecule has 0 saturated carbocycles. The van der Waals surface area contributed by atoms with Gasteiger partial charge in [-0.1, -0.05) is 22.0 Å². The van der Waals surface area contributed by atoms with Crippen molar-refractivity contribution in [3.05, 3.63) is 34.4 Å². The third-order valence-corrected chi connectivity index (χ3v) is 3.88. The molecule has 1 atom stereocenters. The molecule has 0 spiro atoms. The largest absolute Gasteiger partial charge is 0.481 e. The molecule has 4 heteroatoms. The van der Waals surface area contributed by atoms with E-state index in [0.29, 0.717) is 0 Å². The second-order valence-electron chi connectivity index (χ2n) is 4.77. The third-order valence-electron chi connectivity index (χ3n) is 3.19. The van der Waals surface area contributed by atoms with E-state index in [0.717, 1.165) is 21.1 Å². The van der Waals surface area contributed by atoms with E-state index in [-0.39, 0.29) is 6.04 Å². The standard InChI is InChI=1S/C14H16BrNO2/c1-8(2)16-12-6-4-5-11(15)10(12)7-13(16)9(3)14(17)18/h4-9H,1-3H3,(H,17,18). The number of hydrogen-bond donors (Lipinski definition) is 1. The zero-order chi connectivity index (χ0) is 13.4. The minimum Gasteiger partial charge on any atom is -0.481 e. The van der Waals surface area contributed by atoms with E-state index in [1.165, 1.54) is 0 Å². The maximum atomic E-state index is 11.2. The van der Waals surface area contributed by atoms with Gasteiger partial charge in [0.15, 0.2) is 0 Å². The molecule has 1 heterocycles. The molecule has 1 aromatic carbocycles. The van der Waals surface area contributed by atoms with Crippen LogP contribution in [0, 0.1) is 0 Å². The fraction of sp³-hybridized carbons (Fsp3) is 0.357. The van der Waals surface area contributed by atoms with Crippen molar-refractivity contribution in [1.29, 1.82) is 0 Å². The van der Waals surface area contributed by atoms with Crippen LogP contribution in [0.15, 0.2) is 28.7 Å². The summed E-state index contributed by atoms with van der Waals surface area (Å²) in [5.41, 5.74) is 1.92. The first-order chi connectivity index (χ1) is 8.43. The van der Waals surface area contributed by atoms with Crippen LogP contribution in [-0.4, -0.2) is 15.6 Å². The first-order valence-electron chi connectivity index (χ1n) is 5.95. The van der Waals surface area contributed by atoms with Gasteiger partial charge in [-0.05, 0) is 39.0 Å². The molecule has 0 aliphatic carbocycles. The van der Waals surface area contributed by atoms with E-state index in [1.54, 1.807) is 6.92 Å². The molecule has 0 amide bonds. The number of aromatic nitrogens is 1. The molecular weight excluding hydrogens is 294 g/mol. The van der Waals surface area contributed by atoms with Crippen LogP contribution in [-0.2, 0) is 4.79 Å². The average molecular weight is 310 g/mol. The van der Waals surface area contributed by atoms with Gasteiger partial charge in [-0.25, -0.2) is 0 Å². The lowest BCUT2D eigenvalue weighted by Crippen LogP contribution is -2.14. The van der Waals surface area contributed by atoms with E-state index in [4.69, 9.17) is 0 Å². The number of fused-ring (bicyclic) bond motifs is 1. The highest BCUT2D eigenvalue weighted by molar-refractivity contribution is 9.10. The first-order valence-corrected chi connectivity index (χ1v) is 6.75. The molecule has 0 bridgehead atoms. The average Bonchev–Trinajstić information content (AvgIpc) is 2.68. The lowest BCUT2D eigenvalue weighted by molar-refractivity contribution is -0.138. The Balaban J connectivity index is 2.77. The maximum Gasteiger partial charge on any atom is 0.312 e. The van der Waals surface area contributed by atoms with Crippen molar-refractivity contribution in [3.63, 3.8) is 0 Å². The summed E-state index contributed by atoms with van der Waals surface area (Å²) in [6.45, 7) is 5.86. The normalized spacial score (nSPS) is 13.2. The van der Waals surface area contributed by atoms with Crippen LogP contribution >= 0.6 is 15.9 Å².